The molecule has 1 aliphatic rings. The summed E-state index contributed by atoms with van der Waals surface area (Å²) in [7, 11) is 1.67. The van der Waals surface area contributed by atoms with Crippen LogP contribution in [0.2, 0.25) is 0 Å². The molecule has 1 heterocycles. The first-order valence-corrected chi connectivity index (χ1v) is 18.4. The molecule has 0 spiro atoms. The van der Waals surface area contributed by atoms with Crippen molar-refractivity contribution in [2.75, 3.05) is 7.11 Å². The van der Waals surface area contributed by atoms with Crippen molar-refractivity contribution in [3.8, 4) is 17.2 Å². The molecule has 0 aromatic heterocycles. The van der Waals surface area contributed by atoms with Crippen molar-refractivity contribution in [3.05, 3.63) is 64.2 Å². The molecule has 3 aromatic rings. The first kappa shape index (κ1) is 36.8. The Morgan fingerprint density at radius 3 is 2.09 bits per heavy atom. The lowest BCUT2D eigenvalue weighted by atomic mass is 9.83. The summed E-state index contributed by atoms with van der Waals surface area (Å²) in [5, 5.41) is 2.16. The van der Waals surface area contributed by atoms with Crippen LogP contribution in [0.4, 0.5) is 0 Å². The Balaban J connectivity index is 1.33. The fourth-order valence-corrected chi connectivity index (χ4v) is 7.38. The van der Waals surface area contributed by atoms with E-state index >= 15 is 0 Å². The smallest absolute Gasteiger partial charge is 0.318 e. The van der Waals surface area contributed by atoms with Crippen molar-refractivity contribution in [1.82, 2.24) is 0 Å². The summed E-state index contributed by atoms with van der Waals surface area (Å²) < 4.78 is 18.4. The molecule has 0 amide bonds. The van der Waals surface area contributed by atoms with Gasteiger partial charge < -0.3 is 14.2 Å². The van der Waals surface area contributed by atoms with Crippen LogP contribution in [0.5, 0.6) is 17.2 Å². The van der Waals surface area contributed by atoms with E-state index in [0.29, 0.717) is 5.75 Å². The summed E-state index contributed by atoms with van der Waals surface area (Å²) in [6.45, 7) is 20.0. The molecule has 47 heavy (non-hydrogen) atoms. The van der Waals surface area contributed by atoms with Crippen molar-refractivity contribution in [2.45, 2.75) is 144 Å². The molecule has 4 rings (SSSR count). The van der Waals surface area contributed by atoms with Gasteiger partial charge in [-0.15, -0.1) is 0 Å². The molecule has 0 saturated carbocycles. The lowest BCUT2D eigenvalue weighted by molar-refractivity contribution is -0.135. The van der Waals surface area contributed by atoms with Gasteiger partial charge in [0, 0.05) is 5.56 Å². The molecule has 258 valence electrons. The minimum absolute atomic E-state index is 0.159. The van der Waals surface area contributed by atoms with Crippen molar-refractivity contribution in [3.63, 3.8) is 0 Å². The zero-order chi connectivity index (χ0) is 34.3. The Morgan fingerprint density at radius 1 is 0.809 bits per heavy atom. The molecule has 0 radical (unpaired) electrons. The van der Waals surface area contributed by atoms with E-state index in [1.54, 1.807) is 7.11 Å². The van der Waals surface area contributed by atoms with E-state index in [4.69, 9.17) is 14.2 Å². The van der Waals surface area contributed by atoms with Crippen molar-refractivity contribution in [2.24, 2.45) is 17.8 Å². The Morgan fingerprint density at radius 2 is 1.43 bits per heavy atom. The highest BCUT2D eigenvalue weighted by molar-refractivity contribution is 5.87. The number of carbonyl (C=O) groups is 1. The minimum atomic E-state index is -0.392. The molecule has 0 unspecified atom stereocenters. The third-order valence-corrected chi connectivity index (χ3v) is 11.0. The summed E-state index contributed by atoms with van der Waals surface area (Å²) in [4.78, 5) is 13.5. The van der Waals surface area contributed by atoms with E-state index in [1.165, 1.54) is 56.9 Å². The number of benzene rings is 3. The van der Waals surface area contributed by atoms with Crippen LogP contribution >= 0.6 is 0 Å². The zero-order valence-electron chi connectivity index (χ0n) is 31.2. The first-order chi connectivity index (χ1) is 22.3. The number of fused-ring (bicyclic) bond motifs is 2. The van der Waals surface area contributed by atoms with Crippen LogP contribution in [0.3, 0.4) is 0 Å². The highest BCUT2D eigenvalue weighted by atomic mass is 16.5. The van der Waals surface area contributed by atoms with Gasteiger partial charge in [0.15, 0.2) is 0 Å². The second-order valence-electron chi connectivity index (χ2n) is 15.5. The van der Waals surface area contributed by atoms with E-state index in [1.807, 2.05) is 37.3 Å². The van der Waals surface area contributed by atoms with Crippen LogP contribution in [0.15, 0.2) is 36.4 Å². The molecule has 4 atom stereocenters. The average Bonchev–Trinajstić information content (AvgIpc) is 3.04. The second-order valence-corrected chi connectivity index (χ2v) is 15.5. The Bertz CT molecular complexity index is 1500. The van der Waals surface area contributed by atoms with E-state index in [9.17, 15) is 4.79 Å². The van der Waals surface area contributed by atoms with Gasteiger partial charge in [-0.2, -0.15) is 0 Å². The molecule has 1 aliphatic heterocycles. The van der Waals surface area contributed by atoms with E-state index in [2.05, 4.69) is 61.5 Å². The normalized spacial score (nSPS) is 18.0. The molecule has 0 bridgehead atoms. The minimum Gasteiger partial charge on any atom is -0.497 e. The third kappa shape index (κ3) is 9.55. The molecule has 0 fully saturated rings. The number of methoxy groups -OCH3 is 1. The van der Waals surface area contributed by atoms with Crippen LogP contribution in [-0.4, -0.2) is 18.7 Å². The quantitative estimate of drug-likeness (QED) is 0.115. The Labute approximate surface area is 286 Å². The van der Waals surface area contributed by atoms with Crippen LogP contribution in [0.25, 0.3) is 10.8 Å². The van der Waals surface area contributed by atoms with Crippen molar-refractivity contribution in [1.29, 1.82) is 0 Å². The lowest BCUT2D eigenvalue weighted by Gasteiger charge is -2.38. The molecule has 0 saturated heterocycles. The molecule has 4 nitrogen and oxygen atoms in total. The molecule has 3 aromatic carbocycles. The largest absolute Gasteiger partial charge is 0.497 e. The zero-order valence-corrected chi connectivity index (χ0v) is 31.2. The highest BCUT2D eigenvalue weighted by Crippen LogP contribution is 2.45. The molecular weight excluding hydrogens is 580 g/mol. The number of esters is 1. The molecular formula is C43H62O4. The molecule has 0 N–H and O–H groups in total. The SMILES string of the molecule is COc1ccc2cc([C@H](C)C(=O)Oc3c(C)c(C)c4c(c3C)CC[C@@](C)(CCC[C@H](C)CCC[C@H](C)CCCC(C)C)O4)ccc2c1. The van der Waals surface area contributed by atoms with Crippen LogP contribution in [0.1, 0.15) is 139 Å². The standard InChI is InChI=1S/C43H62O4/c1-28(2)14-11-15-29(3)16-12-17-30(4)18-13-24-43(9)25-23-39-34(8)40(31(5)32(6)41(39)47-43)46-42(44)33(7)35-19-20-37-27-38(45-10)22-21-36(37)26-35/h19-22,26-30,33H,11-18,23-25H2,1-10H3/t29-,30-,33+,43-/m1/s1. The van der Waals surface area contributed by atoms with E-state index in [-0.39, 0.29) is 11.6 Å². The molecule has 0 aliphatic carbocycles. The fourth-order valence-electron chi connectivity index (χ4n) is 7.38. The van der Waals surface area contributed by atoms with Gasteiger partial charge in [0.1, 0.15) is 22.8 Å². The Hall–Kier alpha value is -3.01. The average molecular weight is 643 g/mol. The van der Waals surface area contributed by atoms with Crippen LogP contribution in [0, 0.1) is 38.5 Å². The van der Waals surface area contributed by atoms with Gasteiger partial charge in [0.2, 0.25) is 0 Å². The number of hydrogen-bond donors (Lipinski definition) is 0. The second kappa shape index (κ2) is 16.4. The lowest BCUT2D eigenvalue weighted by Crippen LogP contribution is -2.37. The monoisotopic (exact) mass is 642 g/mol. The number of ether oxygens (including phenoxy) is 3. The van der Waals surface area contributed by atoms with Gasteiger partial charge in [0.25, 0.3) is 0 Å². The van der Waals surface area contributed by atoms with Crippen molar-refractivity contribution < 1.29 is 19.0 Å². The van der Waals surface area contributed by atoms with E-state index < -0.39 is 5.92 Å². The Kier molecular flexibility index (Phi) is 12.8. The van der Waals surface area contributed by atoms with Gasteiger partial charge in [0.05, 0.1) is 13.0 Å². The summed E-state index contributed by atoms with van der Waals surface area (Å²) in [6, 6.07) is 12.1. The highest BCUT2D eigenvalue weighted by Gasteiger charge is 2.35. The number of hydrogen-bond acceptors (Lipinski definition) is 4. The van der Waals surface area contributed by atoms with Gasteiger partial charge in [-0.3, -0.25) is 4.79 Å². The summed E-state index contributed by atoms with van der Waals surface area (Å²) in [5.74, 6) is 4.34. The molecule has 4 heteroatoms. The topological polar surface area (TPSA) is 44.8 Å². The maximum absolute atomic E-state index is 13.5. The van der Waals surface area contributed by atoms with Gasteiger partial charge in [-0.25, -0.2) is 0 Å². The van der Waals surface area contributed by atoms with Crippen molar-refractivity contribution >= 4 is 16.7 Å². The number of rotatable bonds is 16. The maximum Gasteiger partial charge on any atom is 0.318 e. The van der Waals surface area contributed by atoms with Crippen LogP contribution in [-0.2, 0) is 11.2 Å². The summed E-state index contributed by atoms with van der Waals surface area (Å²) in [6.07, 6.45) is 13.6. The predicted molar refractivity (Wildman–Crippen MR) is 197 cm³/mol. The summed E-state index contributed by atoms with van der Waals surface area (Å²) >= 11 is 0. The predicted octanol–water partition coefficient (Wildman–Crippen LogP) is 12.0. The number of carbonyl (C=O) groups excluding carboxylic acids is 1. The first-order valence-electron chi connectivity index (χ1n) is 18.4. The van der Waals surface area contributed by atoms with E-state index in [0.717, 1.165) is 81.5 Å². The fraction of sp³-hybridized carbons (Fsp3) is 0.605. The van der Waals surface area contributed by atoms with Gasteiger partial charge in [-0.05, 0) is 123 Å². The van der Waals surface area contributed by atoms with Gasteiger partial charge in [-0.1, -0.05) is 96.9 Å². The third-order valence-electron chi connectivity index (χ3n) is 11.0. The van der Waals surface area contributed by atoms with Crippen LogP contribution < -0.4 is 14.2 Å². The maximum atomic E-state index is 13.5. The summed E-state index contributed by atoms with van der Waals surface area (Å²) in [5.41, 5.74) is 5.08. The van der Waals surface area contributed by atoms with Gasteiger partial charge >= 0.3 is 5.97 Å².